The third-order valence-corrected chi connectivity index (χ3v) is 2.24. The van der Waals surface area contributed by atoms with Crippen molar-refractivity contribution >= 4 is 17.3 Å². The van der Waals surface area contributed by atoms with E-state index in [9.17, 15) is 8.78 Å². The molecule has 0 aliphatic heterocycles. The number of rotatable bonds is 4. The van der Waals surface area contributed by atoms with Gasteiger partial charge in [-0.25, -0.2) is 8.78 Å². The predicted molar refractivity (Wildman–Crippen MR) is 65.6 cm³/mol. The van der Waals surface area contributed by atoms with Gasteiger partial charge < -0.3 is 10.1 Å². The van der Waals surface area contributed by atoms with E-state index in [1.165, 1.54) is 0 Å². The van der Waals surface area contributed by atoms with Crippen LogP contribution in [0.2, 0.25) is 5.02 Å². The molecule has 0 aliphatic carbocycles. The third-order valence-electron chi connectivity index (χ3n) is 1.95. The lowest BCUT2D eigenvalue weighted by Crippen LogP contribution is -2.23. The van der Waals surface area contributed by atoms with E-state index in [-0.39, 0.29) is 16.3 Å². The van der Waals surface area contributed by atoms with E-state index in [4.69, 9.17) is 16.3 Å². The van der Waals surface area contributed by atoms with Crippen molar-refractivity contribution in [1.29, 1.82) is 0 Å². The Hall–Kier alpha value is -0.870. The van der Waals surface area contributed by atoms with Gasteiger partial charge in [-0.2, -0.15) is 0 Å². The van der Waals surface area contributed by atoms with E-state index < -0.39 is 11.6 Å². The molecule has 1 aromatic carbocycles. The number of hydrogen-bond donors (Lipinski definition) is 1. The highest BCUT2D eigenvalue weighted by Crippen LogP contribution is 2.26. The lowest BCUT2D eigenvalue weighted by molar-refractivity contribution is 0.00332. The van der Waals surface area contributed by atoms with Crippen molar-refractivity contribution in [2.45, 2.75) is 26.4 Å². The van der Waals surface area contributed by atoms with E-state index in [0.29, 0.717) is 13.2 Å². The minimum Gasteiger partial charge on any atom is -0.379 e. The molecule has 5 heteroatoms. The number of benzene rings is 1. The zero-order valence-corrected chi connectivity index (χ0v) is 10.9. The van der Waals surface area contributed by atoms with Gasteiger partial charge in [-0.05, 0) is 26.8 Å². The highest BCUT2D eigenvalue weighted by molar-refractivity contribution is 6.33. The van der Waals surface area contributed by atoms with Gasteiger partial charge >= 0.3 is 0 Å². The normalized spacial score (nSPS) is 11.6. The van der Waals surface area contributed by atoms with Crippen LogP contribution in [-0.2, 0) is 4.74 Å². The summed E-state index contributed by atoms with van der Waals surface area (Å²) in [6, 6.07) is 1.86. The predicted octanol–water partition coefficient (Wildman–Crippen LogP) is 3.85. The van der Waals surface area contributed by atoms with Crippen LogP contribution < -0.4 is 5.32 Å². The average molecular weight is 264 g/mol. The Morgan fingerprint density at radius 2 is 1.94 bits per heavy atom. The number of anilines is 1. The van der Waals surface area contributed by atoms with Crippen molar-refractivity contribution in [3.63, 3.8) is 0 Å². The van der Waals surface area contributed by atoms with Crippen molar-refractivity contribution < 1.29 is 13.5 Å². The van der Waals surface area contributed by atoms with Crippen LogP contribution in [0.5, 0.6) is 0 Å². The first kappa shape index (κ1) is 14.2. The van der Waals surface area contributed by atoms with Crippen LogP contribution in [0, 0.1) is 11.6 Å². The summed E-state index contributed by atoms with van der Waals surface area (Å²) in [6.07, 6.45) is 0. The Kier molecular flexibility index (Phi) is 4.71. The molecule has 96 valence electrons. The first-order chi connectivity index (χ1) is 7.79. The van der Waals surface area contributed by atoms with Crippen molar-refractivity contribution in [3.05, 3.63) is 28.8 Å². The van der Waals surface area contributed by atoms with Crippen LogP contribution in [0.1, 0.15) is 20.8 Å². The topological polar surface area (TPSA) is 21.3 Å². The minimum absolute atomic E-state index is 0.0262. The Labute approximate surface area is 105 Å². The summed E-state index contributed by atoms with van der Waals surface area (Å²) in [7, 11) is 0. The fraction of sp³-hybridized carbons (Fsp3) is 0.500. The summed E-state index contributed by atoms with van der Waals surface area (Å²) in [5, 5.41) is 2.81. The average Bonchev–Trinajstić information content (AvgIpc) is 2.13. The molecule has 0 atom stereocenters. The van der Waals surface area contributed by atoms with Gasteiger partial charge in [-0.3, -0.25) is 0 Å². The van der Waals surface area contributed by atoms with Gasteiger partial charge in [0.05, 0.1) is 22.9 Å². The van der Waals surface area contributed by atoms with Crippen molar-refractivity contribution in [2.75, 3.05) is 18.5 Å². The van der Waals surface area contributed by atoms with Crippen LogP contribution in [0.3, 0.4) is 0 Å². The van der Waals surface area contributed by atoms with Crippen LogP contribution in [0.4, 0.5) is 14.5 Å². The lowest BCUT2D eigenvalue weighted by Gasteiger charge is -2.20. The van der Waals surface area contributed by atoms with E-state index in [1.807, 2.05) is 20.8 Å². The molecule has 2 nitrogen and oxygen atoms in total. The number of nitrogens with one attached hydrogen (secondary N) is 1. The third kappa shape index (κ3) is 4.88. The van der Waals surface area contributed by atoms with Crippen molar-refractivity contribution in [3.8, 4) is 0 Å². The molecular formula is C12H16ClF2NO. The number of ether oxygens (including phenoxy) is 1. The Bertz CT molecular complexity index is 368. The summed E-state index contributed by atoms with van der Waals surface area (Å²) in [5.41, 5.74) is -0.141. The second-order valence-electron chi connectivity index (χ2n) is 4.63. The zero-order chi connectivity index (χ0) is 13.1. The lowest BCUT2D eigenvalue weighted by atomic mass is 10.2. The summed E-state index contributed by atoms with van der Waals surface area (Å²) >= 11 is 5.72. The van der Waals surface area contributed by atoms with Gasteiger partial charge in [-0.15, -0.1) is 0 Å². The van der Waals surface area contributed by atoms with Gasteiger partial charge in [0.2, 0.25) is 0 Å². The first-order valence-corrected chi connectivity index (χ1v) is 5.70. The Balaban J connectivity index is 2.53. The van der Waals surface area contributed by atoms with E-state index >= 15 is 0 Å². The zero-order valence-electron chi connectivity index (χ0n) is 10.1. The van der Waals surface area contributed by atoms with Crippen molar-refractivity contribution in [1.82, 2.24) is 0 Å². The molecule has 0 amide bonds. The maximum absolute atomic E-state index is 13.3. The van der Waals surface area contributed by atoms with Crippen LogP contribution in [0.15, 0.2) is 12.1 Å². The van der Waals surface area contributed by atoms with Gasteiger partial charge in [0.15, 0.2) is 5.82 Å². The van der Waals surface area contributed by atoms with Gasteiger partial charge in [0, 0.05) is 12.6 Å². The Morgan fingerprint density at radius 3 is 2.47 bits per heavy atom. The molecule has 0 bridgehead atoms. The number of halogens is 3. The highest BCUT2D eigenvalue weighted by atomic mass is 35.5. The molecule has 17 heavy (non-hydrogen) atoms. The van der Waals surface area contributed by atoms with Crippen LogP contribution in [0.25, 0.3) is 0 Å². The molecule has 0 heterocycles. The Morgan fingerprint density at radius 1 is 1.29 bits per heavy atom. The second-order valence-corrected chi connectivity index (χ2v) is 5.04. The summed E-state index contributed by atoms with van der Waals surface area (Å²) in [5.74, 6) is -1.39. The van der Waals surface area contributed by atoms with E-state index in [0.717, 1.165) is 12.1 Å². The molecule has 0 spiro atoms. The maximum Gasteiger partial charge on any atom is 0.150 e. The molecule has 0 saturated heterocycles. The summed E-state index contributed by atoms with van der Waals surface area (Å²) < 4.78 is 31.6. The molecule has 1 aromatic rings. The SMILES string of the molecule is CC(C)(C)OCCNc1c(F)cc(F)cc1Cl. The molecule has 0 aliphatic rings. The molecule has 0 saturated carbocycles. The molecule has 1 N–H and O–H groups in total. The molecule has 0 unspecified atom stereocenters. The standard InChI is InChI=1S/C12H16ClF2NO/c1-12(2,3)17-5-4-16-11-9(13)6-8(14)7-10(11)15/h6-7,16H,4-5H2,1-3H3. The molecule has 0 aromatic heterocycles. The fourth-order valence-corrected chi connectivity index (χ4v) is 1.51. The minimum atomic E-state index is -0.703. The monoisotopic (exact) mass is 263 g/mol. The number of hydrogen-bond acceptors (Lipinski definition) is 2. The van der Waals surface area contributed by atoms with E-state index in [1.54, 1.807) is 0 Å². The molecular weight excluding hydrogens is 248 g/mol. The molecule has 1 rings (SSSR count). The van der Waals surface area contributed by atoms with Crippen LogP contribution in [-0.4, -0.2) is 18.8 Å². The van der Waals surface area contributed by atoms with Gasteiger partial charge in [0.25, 0.3) is 0 Å². The highest BCUT2D eigenvalue weighted by Gasteiger charge is 2.11. The van der Waals surface area contributed by atoms with Crippen LogP contribution >= 0.6 is 11.6 Å². The van der Waals surface area contributed by atoms with Crippen molar-refractivity contribution in [2.24, 2.45) is 0 Å². The maximum atomic E-state index is 13.3. The largest absolute Gasteiger partial charge is 0.379 e. The van der Waals surface area contributed by atoms with Gasteiger partial charge in [0.1, 0.15) is 5.82 Å². The first-order valence-electron chi connectivity index (χ1n) is 5.32. The van der Waals surface area contributed by atoms with Gasteiger partial charge in [-0.1, -0.05) is 11.6 Å². The molecule has 0 fully saturated rings. The molecule has 0 radical (unpaired) electrons. The summed E-state index contributed by atoms with van der Waals surface area (Å²) in [4.78, 5) is 0. The van der Waals surface area contributed by atoms with E-state index in [2.05, 4.69) is 5.32 Å². The second kappa shape index (κ2) is 5.65. The quantitative estimate of drug-likeness (QED) is 0.834. The smallest absolute Gasteiger partial charge is 0.150 e. The summed E-state index contributed by atoms with van der Waals surface area (Å²) in [6.45, 7) is 6.60. The fourth-order valence-electron chi connectivity index (χ4n) is 1.24.